The summed E-state index contributed by atoms with van der Waals surface area (Å²) in [6, 6.07) is 0.124. The Bertz CT molecular complexity index is 203. The molecule has 0 aromatic rings. The fraction of sp³-hybridized carbons (Fsp3) is 0.923. The number of Topliss-reactive ketones (excluding diaryl/α,β-unsaturated/α-hetero) is 1. The van der Waals surface area contributed by atoms with Gasteiger partial charge in [0.15, 0.2) is 0 Å². The summed E-state index contributed by atoms with van der Waals surface area (Å²) in [5.74, 6) is 0.782. The van der Waals surface area contributed by atoms with Crippen molar-refractivity contribution in [2.24, 2.45) is 17.6 Å². The molecule has 88 valence electrons. The van der Waals surface area contributed by atoms with E-state index in [9.17, 15) is 4.79 Å². The van der Waals surface area contributed by atoms with Crippen molar-refractivity contribution in [1.29, 1.82) is 0 Å². The minimum Gasteiger partial charge on any atom is -0.327 e. The largest absolute Gasteiger partial charge is 0.327 e. The van der Waals surface area contributed by atoms with Gasteiger partial charge in [0.25, 0.3) is 0 Å². The van der Waals surface area contributed by atoms with Gasteiger partial charge in [-0.15, -0.1) is 0 Å². The van der Waals surface area contributed by atoms with Gasteiger partial charge in [-0.2, -0.15) is 0 Å². The summed E-state index contributed by atoms with van der Waals surface area (Å²) in [7, 11) is 0. The average Bonchev–Trinajstić information content (AvgIpc) is 2.42. The van der Waals surface area contributed by atoms with Crippen LogP contribution in [0.1, 0.15) is 58.8 Å². The summed E-state index contributed by atoms with van der Waals surface area (Å²) in [4.78, 5) is 12.2. The van der Waals surface area contributed by atoms with Gasteiger partial charge in [-0.25, -0.2) is 0 Å². The molecule has 0 heterocycles. The third-order valence-corrected chi connectivity index (χ3v) is 3.64. The molecule has 1 fully saturated rings. The summed E-state index contributed by atoms with van der Waals surface area (Å²) in [6.45, 7) is 4.19. The van der Waals surface area contributed by atoms with E-state index in [2.05, 4.69) is 13.8 Å². The Labute approximate surface area is 93.6 Å². The van der Waals surface area contributed by atoms with Crippen LogP contribution in [0.2, 0.25) is 0 Å². The predicted molar refractivity (Wildman–Crippen MR) is 63.6 cm³/mol. The van der Waals surface area contributed by atoms with Gasteiger partial charge in [0.2, 0.25) is 0 Å². The molecule has 0 bridgehead atoms. The molecule has 1 aliphatic rings. The average molecular weight is 211 g/mol. The van der Waals surface area contributed by atoms with Crippen LogP contribution in [-0.4, -0.2) is 11.8 Å². The molecule has 2 heteroatoms. The maximum absolute atomic E-state index is 12.2. The van der Waals surface area contributed by atoms with Crippen molar-refractivity contribution in [3.63, 3.8) is 0 Å². The van der Waals surface area contributed by atoms with Gasteiger partial charge in [0.05, 0.1) is 0 Å². The molecule has 0 aromatic heterocycles. The first kappa shape index (κ1) is 12.7. The van der Waals surface area contributed by atoms with Gasteiger partial charge in [0.1, 0.15) is 5.78 Å². The van der Waals surface area contributed by atoms with Crippen LogP contribution in [0, 0.1) is 11.8 Å². The lowest BCUT2D eigenvalue weighted by molar-refractivity contribution is -0.127. The zero-order chi connectivity index (χ0) is 11.3. The highest BCUT2D eigenvalue weighted by atomic mass is 16.1. The zero-order valence-corrected chi connectivity index (χ0v) is 10.2. The van der Waals surface area contributed by atoms with E-state index in [4.69, 9.17) is 5.73 Å². The van der Waals surface area contributed by atoms with E-state index in [1.165, 1.54) is 19.3 Å². The third kappa shape index (κ3) is 3.60. The van der Waals surface area contributed by atoms with E-state index < -0.39 is 0 Å². The monoisotopic (exact) mass is 211 g/mol. The van der Waals surface area contributed by atoms with Crippen LogP contribution < -0.4 is 5.73 Å². The van der Waals surface area contributed by atoms with Crippen molar-refractivity contribution in [3.8, 4) is 0 Å². The van der Waals surface area contributed by atoms with E-state index >= 15 is 0 Å². The van der Waals surface area contributed by atoms with Crippen molar-refractivity contribution in [1.82, 2.24) is 0 Å². The van der Waals surface area contributed by atoms with Crippen molar-refractivity contribution in [2.75, 3.05) is 0 Å². The second kappa shape index (κ2) is 6.26. The van der Waals surface area contributed by atoms with Crippen molar-refractivity contribution >= 4 is 5.78 Å². The Hall–Kier alpha value is -0.370. The van der Waals surface area contributed by atoms with Gasteiger partial charge >= 0.3 is 0 Å². The lowest BCUT2D eigenvalue weighted by atomic mass is 9.84. The highest BCUT2D eigenvalue weighted by Crippen LogP contribution is 2.26. The first-order chi connectivity index (χ1) is 7.16. The summed E-state index contributed by atoms with van der Waals surface area (Å²) in [5.41, 5.74) is 6.09. The Kier molecular flexibility index (Phi) is 5.30. The van der Waals surface area contributed by atoms with E-state index in [1.54, 1.807) is 0 Å². The minimum absolute atomic E-state index is 0.124. The summed E-state index contributed by atoms with van der Waals surface area (Å²) < 4.78 is 0. The summed E-state index contributed by atoms with van der Waals surface area (Å²) in [5, 5.41) is 0. The number of hydrogen-bond donors (Lipinski definition) is 1. The number of carbonyl (C=O) groups is 1. The molecule has 3 unspecified atom stereocenters. The zero-order valence-electron chi connectivity index (χ0n) is 10.2. The smallest absolute Gasteiger partial charge is 0.140 e. The first-order valence-electron chi connectivity index (χ1n) is 6.46. The standard InChI is InChI=1S/C13H25NO/c1-3-7-10(2)13(15)11-8-5-4-6-9-12(11)14/h10-12H,3-9,14H2,1-2H3. The molecule has 0 amide bonds. The Morgan fingerprint density at radius 1 is 1.33 bits per heavy atom. The topological polar surface area (TPSA) is 43.1 Å². The highest BCUT2D eigenvalue weighted by Gasteiger charge is 2.29. The Balaban J connectivity index is 2.55. The van der Waals surface area contributed by atoms with E-state index in [0.717, 1.165) is 25.7 Å². The van der Waals surface area contributed by atoms with E-state index in [0.29, 0.717) is 5.78 Å². The first-order valence-corrected chi connectivity index (χ1v) is 6.46. The van der Waals surface area contributed by atoms with Gasteiger partial charge in [-0.05, 0) is 19.3 Å². The van der Waals surface area contributed by atoms with Gasteiger partial charge in [-0.1, -0.05) is 39.5 Å². The Morgan fingerprint density at radius 3 is 2.67 bits per heavy atom. The molecule has 2 nitrogen and oxygen atoms in total. The highest BCUT2D eigenvalue weighted by molar-refractivity contribution is 5.83. The third-order valence-electron chi connectivity index (χ3n) is 3.64. The fourth-order valence-electron chi connectivity index (χ4n) is 2.63. The van der Waals surface area contributed by atoms with Crippen molar-refractivity contribution in [2.45, 2.75) is 64.8 Å². The number of carbonyl (C=O) groups excluding carboxylic acids is 1. The normalized spacial score (nSPS) is 29.5. The maximum atomic E-state index is 12.2. The van der Waals surface area contributed by atoms with Crippen LogP contribution in [0.5, 0.6) is 0 Å². The molecular formula is C13H25NO. The van der Waals surface area contributed by atoms with Crippen LogP contribution in [0.25, 0.3) is 0 Å². The van der Waals surface area contributed by atoms with Crippen LogP contribution in [0.15, 0.2) is 0 Å². The van der Waals surface area contributed by atoms with E-state index in [-0.39, 0.29) is 17.9 Å². The minimum atomic E-state index is 0.124. The number of hydrogen-bond acceptors (Lipinski definition) is 2. The molecular weight excluding hydrogens is 186 g/mol. The van der Waals surface area contributed by atoms with Gasteiger partial charge in [0, 0.05) is 17.9 Å². The number of ketones is 1. The molecule has 15 heavy (non-hydrogen) atoms. The van der Waals surface area contributed by atoms with Crippen LogP contribution in [0.4, 0.5) is 0 Å². The number of nitrogens with two attached hydrogens (primary N) is 1. The Morgan fingerprint density at radius 2 is 2.00 bits per heavy atom. The van der Waals surface area contributed by atoms with Crippen molar-refractivity contribution in [3.05, 3.63) is 0 Å². The number of rotatable bonds is 4. The molecule has 0 saturated heterocycles. The lowest BCUT2D eigenvalue weighted by Gasteiger charge is -2.23. The van der Waals surface area contributed by atoms with Crippen LogP contribution in [-0.2, 0) is 4.79 Å². The van der Waals surface area contributed by atoms with Crippen LogP contribution >= 0.6 is 0 Å². The lowest BCUT2D eigenvalue weighted by Crippen LogP contribution is -2.37. The second-order valence-corrected chi connectivity index (χ2v) is 5.00. The quantitative estimate of drug-likeness (QED) is 0.727. The molecule has 0 aromatic carbocycles. The van der Waals surface area contributed by atoms with Gasteiger partial charge < -0.3 is 5.73 Å². The maximum Gasteiger partial charge on any atom is 0.140 e. The molecule has 0 spiro atoms. The molecule has 0 radical (unpaired) electrons. The summed E-state index contributed by atoms with van der Waals surface area (Å²) in [6.07, 6.45) is 7.80. The molecule has 1 saturated carbocycles. The van der Waals surface area contributed by atoms with E-state index in [1.807, 2.05) is 0 Å². The predicted octanol–water partition coefficient (Wildman–Crippen LogP) is 2.90. The molecule has 1 aliphatic carbocycles. The fourth-order valence-corrected chi connectivity index (χ4v) is 2.63. The second-order valence-electron chi connectivity index (χ2n) is 5.00. The SMILES string of the molecule is CCCC(C)C(=O)C1CCCCCC1N. The van der Waals surface area contributed by atoms with Crippen molar-refractivity contribution < 1.29 is 4.79 Å². The molecule has 3 atom stereocenters. The molecule has 1 rings (SSSR count). The molecule has 2 N–H and O–H groups in total. The molecule has 0 aliphatic heterocycles. The van der Waals surface area contributed by atoms with Gasteiger partial charge in [-0.3, -0.25) is 4.79 Å². The summed E-state index contributed by atoms with van der Waals surface area (Å²) >= 11 is 0. The van der Waals surface area contributed by atoms with Crippen LogP contribution in [0.3, 0.4) is 0 Å².